The summed E-state index contributed by atoms with van der Waals surface area (Å²) in [5.74, 6) is 0.536. The first kappa shape index (κ1) is 25.9. The molecule has 3 rings (SSSR count). The van der Waals surface area contributed by atoms with E-state index in [1.165, 1.54) is 5.56 Å². The second-order valence-corrected chi connectivity index (χ2v) is 8.23. The number of rotatable bonds is 7. The third-order valence-electron chi connectivity index (χ3n) is 5.46. The van der Waals surface area contributed by atoms with E-state index in [4.69, 9.17) is 9.47 Å². The van der Waals surface area contributed by atoms with Gasteiger partial charge in [-0.1, -0.05) is 51.1 Å². The van der Waals surface area contributed by atoms with Crippen LogP contribution >= 0.6 is 0 Å². The van der Waals surface area contributed by atoms with Crippen molar-refractivity contribution in [3.05, 3.63) is 64.2 Å². The van der Waals surface area contributed by atoms with Crippen molar-refractivity contribution in [2.45, 2.75) is 84.7 Å². The Morgan fingerprint density at radius 3 is 2.34 bits per heavy atom. The maximum atomic E-state index is 10.2. The van der Waals surface area contributed by atoms with Crippen LogP contribution in [0.3, 0.4) is 0 Å². The van der Waals surface area contributed by atoms with Crippen LogP contribution in [-0.2, 0) is 17.6 Å². The summed E-state index contributed by atoms with van der Waals surface area (Å²) in [6.45, 7) is 9.86. The van der Waals surface area contributed by atoms with Crippen LogP contribution in [0.25, 0.3) is 0 Å². The molecule has 5 heteroatoms. The Morgan fingerprint density at radius 2 is 1.78 bits per heavy atom. The Labute approximate surface area is 192 Å². The molecule has 1 aliphatic heterocycles. The number of aliphatic hydroxyl groups excluding tert-OH is 2. The normalized spacial score (nSPS) is 20.3. The van der Waals surface area contributed by atoms with Crippen molar-refractivity contribution in [3.63, 3.8) is 0 Å². The van der Waals surface area contributed by atoms with Crippen molar-refractivity contribution in [3.8, 4) is 11.8 Å². The molecule has 0 aliphatic carbocycles. The Hall–Kier alpha value is -2.39. The third kappa shape index (κ3) is 6.80. The Bertz CT molecular complexity index is 886. The molecular formula is C27H37NO4. The first-order chi connectivity index (χ1) is 15.4. The molecule has 0 aromatic heterocycles. The highest BCUT2D eigenvalue weighted by Crippen LogP contribution is 2.36. The molecule has 1 saturated heterocycles. The lowest BCUT2D eigenvalue weighted by Crippen LogP contribution is -2.33. The third-order valence-corrected chi connectivity index (χ3v) is 5.46. The van der Waals surface area contributed by atoms with Crippen LogP contribution in [0.5, 0.6) is 5.75 Å². The lowest BCUT2D eigenvalue weighted by molar-refractivity contribution is -0.113. The fourth-order valence-electron chi connectivity index (χ4n) is 3.93. The fourth-order valence-corrected chi connectivity index (χ4v) is 3.93. The zero-order valence-corrected chi connectivity index (χ0v) is 20.0. The molecule has 1 heterocycles. The van der Waals surface area contributed by atoms with E-state index in [1.54, 1.807) is 0 Å². The number of aliphatic hydroxyl groups is 2. The van der Waals surface area contributed by atoms with Crippen molar-refractivity contribution in [1.82, 2.24) is 0 Å². The molecule has 3 atom stereocenters. The lowest BCUT2D eigenvalue weighted by Gasteiger charge is -2.33. The quantitative estimate of drug-likeness (QED) is 0.627. The number of aryl methyl sites for hydroxylation is 1. The van der Waals surface area contributed by atoms with Crippen molar-refractivity contribution in [2.24, 2.45) is 0 Å². The highest BCUT2D eigenvalue weighted by atomic mass is 16.5. The summed E-state index contributed by atoms with van der Waals surface area (Å²) in [7, 11) is 0. The van der Waals surface area contributed by atoms with Gasteiger partial charge in [0.25, 0.3) is 0 Å². The molecule has 2 N–H and O–H groups in total. The number of nitrogens with zero attached hydrogens (tertiary/aromatic N) is 1. The van der Waals surface area contributed by atoms with Gasteiger partial charge in [-0.3, -0.25) is 0 Å². The molecule has 0 radical (unpaired) electrons. The highest BCUT2D eigenvalue weighted by molar-refractivity contribution is 5.53. The van der Waals surface area contributed by atoms with E-state index in [0.717, 1.165) is 23.1 Å². The average Bonchev–Trinajstić information content (AvgIpc) is 2.80. The number of hydrogen-bond acceptors (Lipinski definition) is 5. The van der Waals surface area contributed by atoms with E-state index in [2.05, 4.69) is 37.3 Å². The van der Waals surface area contributed by atoms with E-state index < -0.39 is 12.2 Å². The van der Waals surface area contributed by atoms with Crippen LogP contribution in [-0.4, -0.2) is 35.1 Å². The van der Waals surface area contributed by atoms with Gasteiger partial charge in [-0.2, -0.15) is 5.26 Å². The van der Waals surface area contributed by atoms with E-state index in [9.17, 15) is 15.5 Å². The summed E-state index contributed by atoms with van der Waals surface area (Å²) in [4.78, 5) is 0. The predicted molar refractivity (Wildman–Crippen MR) is 127 cm³/mol. The highest BCUT2D eigenvalue weighted by Gasteiger charge is 2.30. The Morgan fingerprint density at radius 1 is 1.12 bits per heavy atom. The topological polar surface area (TPSA) is 82.7 Å². The minimum atomic E-state index is -0.531. The van der Waals surface area contributed by atoms with Gasteiger partial charge in [-0.05, 0) is 55.0 Å². The van der Waals surface area contributed by atoms with Gasteiger partial charge in [0.2, 0.25) is 0 Å². The van der Waals surface area contributed by atoms with Gasteiger partial charge in [0.15, 0.2) is 0 Å². The zero-order valence-electron chi connectivity index (χ0n) is 20.0. The number of hydrogen-bond donors (Lipinski definition) is 2. The Kier molecular flexibility index (Phi) is 10.2. The molecule has 0 amide bonds. The van der Waals surface area contributed by atoms with E-state index in [0.29, 0.717) is 30.6 Å². The maximum Gasteiger partial charge on any atom is 0.138 e. The minimum Gasteiger partial charge on any atom is -0.490 e. The molecule has 5 nitrogen and oxygen atoms in total. The molecule has 1 aliphatic rings. The molecule has 2 aromatic carbocycles. The zero-order chi connectivity index (χ0) is 23.7. The van der Waals surface area contributed by atoms with E-state index in [1.807, 2.05) is 39.8 Å². The first-order valence-electron chi connectivity index (χ1n) is 11.7. The molecule has 0 unspecified atom stereocenters. The van der Waals surface area contributed by atoms with Crippen molar-refractivity contribution < 1.29 is 19.7 Å². The second kappa shape index (κ2) is 12.6. The Balaban J connectivity index is 0.00000176. The largest absolute Gasteiger partial charge is 0.490 e. The molecule has 32 heavy (non-hydrogen) atoms. The molecule has 0 spiro atoms. The number of ether oxygens (including phenoxy) is 2. The van der Waals surface area contributed by atoms with Gasteiger partial charge in [0.1, 0.15) is 11.8 Å². The summed E-state index contributed by atoms with van der Waals surface area (Å²) < 4.78 is 12.0. The van der Waals surface area contributed by atoms with Gasteiger partial charge in [-0.15, -0.1) is 0 Å². The van der Waals surface area contributed by atoms with Gasteiger partial charge in [0, 0.05) is 12.8 Å². The monoisotopic (exact) mass is 439 g/mol. The van der Waals surface area contributed by atoms with Gasteiger partial charge in [-0.25, -0.2) is 0 Å². The molecular weight excluding hydrogens is 402 g/mol. The van der Waals surface area contributed by atoms with E-state index >= 15 is 0 Å². The molecule has 0 bridgehead atoms. The summed E-state index contributed by atoms with van der Waals surface area (Å²) in [6.07, 6.45) is 1.11. The van der Waals surface area contributed by atoms with Crippen LogP contribution < -0.4 is 4.74 Å². The van der Waals surface area contributed by atoms with Crippen LogP contribution in [0.2, 0.25) is 0 Å². The van der Waals surface area contributed by atoms with Crippen LogP contribution in [0.15, 0.2) is 36.4 Å². The van der Waals surface area contributed by atoms with Crippen LogP contribution in [0, 0.1) is 11.3 Å². The lowest BCUT2D eigenvalue weighted by atomic mass is 9.91. The predicted octanol–water partition coefficient (Wildman–Crippen LogP) is 5.10. The van der Waals surface area contributed by atoms with Gasteiger partial charge >= 0.3 is 0 Å². The van der Waals surface area contributed by atoms with Crippen LogP contribution in [0.1, 0.15) is 81.4 Å². The standard InChI is InChI=1S/C25H31NO4.C2H6/c1-4-17-5-7-18(8-6-17)9-19-10-20(11-25(23(19)14-26)29-16(2)3)24-13-21(28)12-22(15-27)30-24;1-2/h5-8,10-11,16,21-22,24,27-28H,4,9,12-13,15H2,1-3H3;1-2H3/t21-,22-,24+;/m0./s1. The summed E-state index contributed by atoms with van der Waals surface area (Å²) in [5.41, 5.74) is 4.66. The minimum absolute atomic E-state index is 0.0768. The van der Waals surface area contributed by atoms with E-state index in [-0.39, 0.29) is 18.8 Å². The van der Waals surface area contributed by atoms with Crippen molar-refractivity contribution in [1.29, 1.82) is 5.26 Å². The van der Waals surface area contributed by atoms with Crippen molar-refractivity contribution in [2.75, 3.05) is 6.61 Å². The smallest absolute Gasteiger partial charge is 0.138 e. The van der Waals surface area contributed by atoms with Crippen LogP contribution in [0.4, 0.5) is 0 Å². The van der Waals surface area contributed by atoms with Gasteiger partial charge in [0.05, 0.1) is 36.6 Å². The van der Waals surface area contributed by atoms with Gasteiger partial charge < -0.3 is 19.7 Å². The molecule has 1 fully saturated rings. The number of benzene rings is 2. The average molecular weight is 440 g/mol. The molecule has 0 saturated carbocycles. The van der Waals surface area contributed by atoms with Crippen molar-refractivity contribution >= 4 is 0 Å². The molecule has 174 valence electrons. The SMILES string of the molecule is CC.CCc1ccc(Cc2cc([C@H]3C[C@@H](O)C[C@@H](CO)O3)cc(OC(C)C)c2C#N)cc1. The summed E-state index contributed by atoms with van der Waals surface area (Å²) in [5, 5.41) is 29.6. The molecule has 2 aromatic rings. The summed E-state index contributed by atoms with van der Waals surface area (Å²) >= 11 is 0. The summed E-state index contributed by atoms with van der Waals surface area (Å²) in [6, 6.07) is 14.6. The number of nitriles is 1. The fraction of sp³-hybridized carbons (Fsp3) is 0.519. The maximum absolute atomic E-state index is 10.2. The first-order valence-corrected chi connectivity index (χ1v) is 11.7. The second-order valence-electron chi connectivity index (χ2n) is 8.23.